The maximum absolute atomic E-state index is 12.5. The van der Waals surface area contributed by atoms with Crippen molar-refractivity contribution in [2.24, 2.45) is 0 Å². The first kappa shape index (κ1) is 15.9. The van der Waals surface area contributed by atoms with Gasteiger partial charge in [0, 0.05) is 11.4 Å². The highest BCUT2D eigenvalue weighted by Crippen LogP contribution is 2.30. The van der Waals surface area contributed by atoms with Gasteiger partial charge < -0.3 is 5.11 Å². The standard InChI is InChI=1S/C16H14ClF3O/c1-10-8-12(4-7-14(10)17)15(21)9-11-2-5-13(6-3-11)16(18,19)20/h2-8,15,21H,9H2,1H3. The molecule has 112 valence electrons. The molecule has 0 saturated heterocycles. The lowest BCUT2D eigenvalue weighted by molar-refractivity contribution is -0.137. The van der Waals surface area contributed by atoms with Crippen LogP contribution in [-0.2, 0) is 12.6 Å². The summed E-state index contributed by atoms with van der Waals surface area (Å²) in [7, 11) is 0. The number of hydrogen-bond acceptors (Lipinski definition) is 1. The second kappa shape index (κ2) is 6.08. The number of rotatable bonds is 3. The van der Waals surface area contributed by atoms with E-state index in [9.17, 15) is 18.3 Å². The van der Waals surface area contributed by atoms with E-state index in [0.717, 1.165) is 17.7 Å². The molecular weight excluding hydrogens is 301 g/mol. The van der Waals surface area contributed by atoms with E-state index >= 15 is 0 Å². The molecular formula is C16H14ClF3O. The summed E-state index contributed by atoms with van der Waals surface area (Å²) in [6, 6.07) is 10.00. The van der Waals surface area contributed by atoms with Crippen LogP contribution >= 0.6 is 11.6 Å². The summed E-state index contributed by atoms with van der Waals surface area (Å²) in [5.74, 6) is 0. The Kier molecular flexibility index (Phi) is 4.59. The van der Waals surface area contributed by atoms with Gasteiger partial charge in [-0.3, -0.25) is 0 Å². The Labute approximate surface area is 126 Å². The van der Waals surface area contributed by atoms with Crippen molar-refractivity contribution in [3.05, 3.63) is 69.7 Å². The van der Waals surface area contributed by atoms with Gasteiger partial charge in [0.1, 0.15) is 0 Å². The second-order valence-corrected chi connectivity index (χ2v) is 5.33. The first-order valence-electron chi connectivity index (χ1n) is 6.37. The third-order valence-corrected chi connectivity index (χ3v) is 3.70. The fourth-order valence-corrected chi connectivity index (χ4v) is 2.16. The number of aliphatic hydroxyl groups excluding tert-OH is 1. The Balaban J connectivity index is 2.12. The summed E-state index contributed by atoms with van der Waals surface area (Å²) in [4.78, 5) is 0. The molecule has 0 spiro atoms. The van der Waals surface area contributed by atoms with Crippen LogP contribution in [0, 0.1) is 6.92 Å². The molecule has 1 atom stereocenters. The average molecular weight is 315 g/mol. The lowest BCUT2D eigenvalue weighted by Gasteiger charge is -2.13. The third-order valence-electron chi connectivity index (χ3n) is 3.28. The van der Waals surface area contributed by atoms with Crippen molar-refractivity contribution in [1.29, 1.82) is 0 Å². The maximum Gasteiger partial charge on any atom is 0.416 e. The number of halogens is 4. The molecule has 2 aromatic carbocycles. The molecule has 2 aromatic rings. The van der Waals surface area contributed by atoms with Gasteiger partial charge in [0.2, 0.25) is 0 Å². The van der Waals surface area contributed by atoms with Crippen LogP contribution in [0.3, 0.4) is 0 Å². The highest BCUT2D eigenvalue weighted by atomic mass is 35.5. The van der Waals surface area contributed by atoms with Crippen LogP contribution in [0.2, 0.25) is 5.02 Å². The van der Waals surface area contributed by atoms with Crippen LogP contribution in [0.5, 0.6) is 0 Å². The minimum absolute atomic E-state index is 0.249. The van der Waals surface area contributed by atoms with E-state index in [-0.39, 0.29) is 6.42 Å². The normalized spacial score (nSPS) is 13.2. The number of alkyl halides is 3. The monoisotopic (exact) mass is 314 g/mol. The quantitative estimate of drug-likeness (QED) is 0.850. The zero-order valence-electron chi connectivity index (χ0n) is 11.3. The molecule has 0 aromatic heterocycles. The van der Waals surface area contributed by atoms with Crippen molar-refractivity contribution in [3.8, 4) is 0 Å². The van der Waals surface area contributed by atoms with Crippen molar-refractivity contribution in [3.63, 3.8) is 0 Å². The van der Waals surface area contributed by atoms with Gasteiger partial charge in [-0.05, 0) is 41.8 Å². The third kappa shape index (κ3) is 3.99. The fraction of sp³-hybridized carbons (Fsp3) is 0.250. The van der Waals surface area contributed by atoms with Crippen LogP contribution in [0.1, 0.15) is 28.4 Å². The van der Waals surface area contributed by atoms with Gasteiger partial charge in [0.05, 0.1) is 11.7 Å². The highest BCUT2D eigenvalue weighted by Gasteiger charge is 2.29. The van der Waals surface area contributed by atoms with Crippen molar-refractivity contribution in [1.82, 2.24) is 0 Å². The van der Waals surface area contributed by atoms with E-state index in [1.807, 2.05) is 6.92 Å². The second-order valence-electron chi connectivity index (χ2n) is 4.92. The van der Waals surface area contributed by atoms with Gasteiger partial charge in [-0.1, -0.05) is 35.9 Å². The Hall–Kier alpha value is -1.52. The molecule has 0 aliphatic carbocycles. The van der Waals surface area contributed by atoms with Crippen molar-refractivity contribution >= 4 is 11.6 Å². The van der Waals surface area contributed by atoms with E-state index in [2.05, 4.69) is 0 Å². The average Bonchev–Trinajstić information content (AvgIpc) is 2.41. The molecule has 1 unspecified atom stereocenters. The van der Waals surface area contributed by atoms with Gasteiger partial charge in [-0.15, -0.1) is 0 Å². The van der Waals surface area contributed by atoms with Crippen LogP contribution in [-0.4, -0.2) is 5.11 Å². The molecule has 1 N–H and O–H groups in total. The minimum Gasteiger partial charge on any atom is -0.388 e. The molecule has 0 bridgehead atoms. The molecule has 0 amide bonds. The van der Waals surface area contributed by atoms with Gasteiger partial charge in [-0.25, -0.2) is 0 Å². The summed E-state index contributed by atoms with van der Waals surface area (Å²) in [5.41, 5.74) is 1.49. The SMILES string of the molecule is Cc1cc(C(O)Cc2ccc(C(F)(F)F)cc2)ccc1Cl. The first-order valence-corrected chi connectivity index (χ1v) is 6.75. The van der Waals surface area contributed by atoms with Crippen molar-refractivity contribution in [2.45, 2.75) is 25.6 Å². The number of hydrogen-bond donors (Lipinski definition) is 1. The molecule has 2 rings (SSSR count). The Morgan fingerprint density at radius 3 is 2.24 bits per heavy atom. The maximum atomic E-state index is 12.5. The number of aryl methyl sites for hydroxylation is 1. The van der Waals surface area contributed by atoms with Crippen LogP contribution in [0.15, 0.2) is 42.5 Å². The topological polar surface area (TPSA) is 20.2 Å². The smallest absolute Gasteiger partial charge is 0.388 e. The molecule has 5 heteroatoms. The van der Waals surface area contributed by atoms with E-state index in [1.165, 1.54) is 12.1 Å². The Morgan fingerprint density at radius 2 is 1.71 bits per heavy atom. The van der Waals surface area contributed by atoms with Gasteiger partial charge in [0.15, 0.2) is 0 Å². The molecule has 0 radical (unpaired) electrons. The summed E-state index contributed by atoms with van der Waals surface area (Å²) in [6.45, 7) is 1.83. The Morgan fingerprint density at radius 1 is 1.10 bits per heavy atom. The van der Waals surface area contributed by atoms with Crippen LogP contribution in [0.25, 0.3) is 0 Å². The van der Waals surface area contributed by atoms with Gasteiger partial charge in [-0.2, -0.15) is 13.2 Å². The molecule has 21 heavy (non-hydrogen) atoms. The van der Waals surface area contributed by atoms with Crippen molar-refractivity contribution in [2.75, 3.05) is 0 Å². The molecule has 0 aliphatic rings. The van der Waals surface area contributed by atoms with Gasteiger partial charge >= 0.3 is 6.18 Å². The minimum atomic E-state index is -4.34. The largest absolute Gasteiger partial charge is 0.416 e. The van der Waals surface area contributed by atoms with Crippen molar-refractivity contribution < 1.29 is 18.3 Å². The Bertz CT molecular complexity index is 620. The van der Waals surface area contributed by atoms with E-state index in [1.54, 1.807) is 18.2 Å². The lowest BCUT2D eigenvalue weighted by atomic mass is 9.99. The number of aliphatic hydroxyl groups is 1. The molecule has 0 heterocycles. The highest BCUT2D eigenvalue weighted by molar-refractivity contribution is 6.31. The fourth-order valence-electron chi connectivity index (χ4n) is 2.05. The first-order chi connectivity index (χ1) is 9.77. The van der Waals surface area contributed by atoms with E-state index < -0.39 is 17.8 Å². The molecule has 1 nitrogen and oxygen atoms in total. The predicted octanol–water partition coefficient (Wildman–Crippen LogP) is 4.94. The summed E-state index contributed by atoms with van der Waals surface area (Å²) in [6.07, 6.45) is -4.87. The molecule has 0 fully saturated rings. The summed E-state index contributed by atoms with van der Waals surface area (Å²) < 4.78 is 37.4. The zero-order valence-corrected chi connectivity index (χ0v) is 12.0. The predicted molar refractivity (Wildman–Crippen MR) is 76.3 cm³/mol. The van der Waals surface area contributed by atoms with Gasteiger partial charge in [0.25, 0.3) is 0 Å². The van der Waals surface area contributed by atoms with Crippen LogP contribution < -0.4 is 0 Å². The number of benzene rings is 2. The zero-order chi connectivity index (χ0) is 15.6. The summed E-state index contributed by atoms with van der Waals surface area (Å²) in [5, 5.41) is 10.8. The molecule has 0 aliphatic heterocycles. The lowest BCUT2D eigenvalue weighted by Crippen LogP contribution is -2.06. The van der Waals surface area contributed by atoms with E-state index in [4.69, 9.17) is 11.6 Å². The van der Waals surface area contributed by atoms with Crippen LogP contribution in [0.4, 0.5) is 13.2 Å². The van der Waals surface area contributed by atoms with E-state index in [0.29, 0.717) is 16.1 Å². The molecule has 0 saturated carbocycles. The summed E-state index contributed by atoms with van der Waals surface area (Å²) >= 11 is 5.92.